The fourth-order valence-corrected chi connectivity index (χ4v) is 5.16. The summed E-state index contributed by atoms with van der Waals surface area (Å²) < 4.78 is 38.0. The molecule has 2 aromatic carbocycles. The molecule has 2 aliphatic rings. The summed E-state index contributed by atoms with van der Waals surface area (Å²) in [5, 5.41) is 3.12. The highest BCUT2D eigenvalue weighted by Gasteiger charge is 2.37. The molecule has 0 spiro atoms. The van der Waals surface area contributed by atoms with Gasteiger partial charge < -0.3 is 14.8 Å². The summed E-state index contributed by atoms with van der Waals surface area (Å²) in [5.74, 6) is 0.894. The summed E-state index contributed by atoms with van der Waals surface area (Å²) in [6.45, 7) is 6.17. The Morgan fingerprint density at radius 2 is 1.90 bits per heavy atom. The summed E-state index contributed by atoms with van der Waals surface area (Å²) in [6.07, 6.45) is 1.23. The van der Waals surface area contributed by atoms with Crippen molar-refractivity contribution in [2.45, 2.75) is 51.4 Å². The third-order valence-electron chi connectivity index (χ3n) is 5.63. The summed E-state index contributed by atoms with van der Waals surface area (Å²) in [7, 11) is -3.49. The zero-order valence-electron chi connectivity index (χ0n) is 18.2. The molecule has 7 nitrogen and oxygen atoms in total. The Balaban J connectivity index is 1.59. The van der Waals surface area contributed by atoms with Gasteiger partial charge in [-0.3, -0.25) is 9.10 Å². The quantitative estimate of drug-likeness (QED) is 0.785. The largest absolute Gasteiger partial charge is 0.487 e. The minimum Gasteiger partial charge on any atom is -0.487 e. The maximum absolute atomic E-state index is 13.2. The van der Waals surface area contributed by atoms with Gasteiger partial charge in [0.05, 0.1) is 18.0 Å². The van der Waals surface area contributed by atoms with Crippen molar-refractivity contribution in [3.05, 3.63) is 53.6 Å². The average Bonchev–Trinajstić information content (AvgIpc) is 2.86. The molecule has 2 aliphatic heterocycles. The number of benzene rings is 2. The lowest BCUT2D eigenvalue weighted by Gasteiger charge is -2.38. The molecule has 4 rings (SSSR count). The molecule has 166 valence electrons. The Labute approximate surface area is 183 Å². The predicted molar refractivity (Wildman–Crippen MR) is 119 cm³/mol. The number of carbonyl (C=O) groups excluding carboxylic acids is 1. The van der Waals surface area contributed by atoms with Crippen LogP contribution in [0.5, 0.6) is 11.5 Å². The second kappa shape index (κ2) is 7.75. The van der Waals surface area contributed by atoms with Crippen molar-refractivity contribution in [3.8, 4) is 11.5 Å². The van der Waals surface area contributed by atoms with Crippen LogP contribution in [0.25, 0.3) is 0 Å². The first-order valence-electron chi connectivity index (χ1n) is 10.4. The molecular formula is C23H28N2O5S. The molecule has 0 saturated carbocycles. The van der Waals surface area contributed by atoms with Crippen LogP contribution in [0.3, 0.4) is 0 Å². The number of ether oxygens (including phenoxy) is 2. The number of sulfonamides is 1. The van der Waals surface area contributed by atoms with E-state index in [0.29, 0.717) is 17.9 Å². The Kier molecular flexibility index (Phi) is 5.37. The van der Waals surface area contributed by atoms with Gasteiger partial charge in [-0.25, -0.2) is 8.42 Å². The third-order valence-corrected chi connectivity index (χ3v) is 6.81. The second-order valence-electron chi connectivity index (χ2n) is 8.87. The normalized spacial score (nSPS) is 22.3. The van der Waals surface area contributed by atoms with Crippen LogP contribution in [-0.4, -0.2) is 38.8 Å². The van der Waals surface area contributed by atoms with Crippen LogP contribution < -0.4 is 19.1 Å². The van der Waals surface area contributed by atoms with Crippen molar-refractivity contribution >= 4 is 21.6 Å². The molecule has 0 aromatic heterocycles. The molecule has 0 unspecified atom stereocenters. The fourth-order valence-electron chi connectivity index (χ4n) is 4.21. The monoisotopic (exact) mass is 444 g/mol. The van der Waals surface area contributed by atoms with Crippen LogP contribution >= 0.6 is 0 Å². The molecule has 2 heterocycles. The number of nitrogens with one attached hydrogen (secondary N) is 1. The first-order chi connectivity index (χ1) is 14.5. The van der Waals surface area contributed by atoms with Crippen molar-refractivity contribution in [1.29, 1.82) is 0 Å². The number of amides is 1. The lowest BCUT2D eigenvalue weighted by molar-refractivity contribution is -0.129. The molecule has 0 saturated heterocycles. The highest BCUT2D eigenvalue weighted by molar-refractivity contribution is 7.92. The smallest absolute Gasteiger partial charge is 0.261 e. The topological polar surface area (TPSA) is 84.9 Å². The molecule has 0 fully saturated rings. The van der Waals surface area contributed by atoms with Gasteiger partial charge in [-0.15, -0.1) is 0 Å². The minimum atomic E-state index is -3.49. The lowest BCUT2D eigenvalue weighted by Crippen LogP contribution is -2.46. The fraction of sp³-hybridized carbons (Fsp3) is 0.435. The molecule has 0 bridgehead atoms. The number of para-hydroxylation sites is 2. The third kappa shape index (κ3) is 4.49. The molecular weight excluding hydrogens is 416 g/mol. The number of fused-ring (bicyclic) bond motifs is 2. The first-order valence-corrected chi connectivity index (χ1v) is 12.2. The molecule has 1 N–H and O–H groups in total. The standard InChI is InChI=1S/C23H28N2O5S/c1-15-9-10-16-17(14-23(2,3)30-21(16)13-15)24-22(26)20-11-12-25(31(4,27)28)18-7-5-6-8-19(18)29-20/h5-10,13,17,20H,11-12,14H2,1-4H3,(H,24,26)/t17-,20+/m0/s1. The molecule has 0 aliphatic carbocycles. The van der Waals surface area contributed by atoms with E-state index in [1.807, 2.05) is 39.0 Å². The average molecular weight is 445 g/mol. The maximum Gasteiger partial charge on any atom is 0.261 e. The van der Waals surface area contributed by atoms with Crippen molar-refractivity contribution in [3.63, 3.8) is 0 Å². The van der Waals surface area contributed by atoms with Crippen molar-refractivity contribution in [1.82, 2.24) is 5.32 Å². The van der Waals surface area contributed by atoms with Crippen LogP contribution in [0.4, 0.5) is 5.69 Å². The summed E-state index contributed by atoms with van der Waals surface area (Å²) in [6, 6.07) is 12.6. The van der Waals surface area contributed by atoms with Gasteiger partial charge in [0.25, 0.3) is 5.91 Å². The van der Waals surface area contributed by atoms with Crippen molar-refractivity contribution in [2.75, 3.05) is 17.1 Å². The number of hydrogen-bond acceptors (Lipinski definition) is 5. The van der Waals surface area contributed by atoms with Gasteiger partial charge in [0, 0.05) is 24.9 Å². The minimum absolute atomic E-state index is 0.170. The molecule has 2 atom stereocenters. The van der Waals surface area contributed by atoms with E-state index in [2.05, 4.69) is 5.32 Å². The van der Waals surface area contributed by atoms with Crippen molar-refractivity contribution < 1.29 is 22.7 Å². The van der Waals surface area contributed by atoms with E-state index in [1.54, 1.807) is 24.3 Å². The highest BCUT2D eigenvalue weighted by Crippen LogP contribution is 2.40. The van der Waals surface area contributed by atoms with Crippen LogP contribution in [0.15, 0.2) is 42.5 Å². The number of carbonyl (C=O) groups is 1. The van der Waals surface area contributed by atoms with E-state index >= 15 is 0 Å². The molecule has 2 aromatic rings. The van der Waals surface area contributed by atoms with Gasteiger partial charge in [-0.05, 0) is 44.5 Å². The summed E-state index contributed by atoms with van der Waals surface area (Å²) in [5.41, 5.74) is 2.05. The van der Waals surface area contributed by atoms with Gasteiger partial charge >= 0.3 is 0 Å². The Hall–Kier alpha value is -2.74. The van der Waals surface area contributed by atoms with E-state index in [1.165, 1.54) is 4.31 Å². The van der Waals surface area contributed by atoms with Crippen molar-refractivity contribution in [2.24, 2.45) is 0 Å². The molecule has 8 heteroatoms. The van der Waals surface area contributed by atoms with E-state index in [9.17, 15) is 13.2 Å². The number of anilines is 1. The Morgan fingerprint density at radius 3 is 2.65 bits per heavy atom. The molecule has 0 radical (unpaired) electrons. The maximum atomic E-state index is 13.2. The number of nitrogens with zero attached hydrogens (tertiary/aromatic N) is 1. The zero-order valence-corrected chi connectivity index (χ0v) is 19.0. The number of aryl methyl sites for hydroxylation is 1. The zero-order chi connectivity index (χ0) is 22.4. The number of hydrogen-bond donors (Lipinski definition) is 1. The van der Waals surface area contributed by atoms with Gasteiger partial charge in [0.2, 0.25) is 10.0 Å². The van der Waals surface area contributed by atoms with E-state index in [-0.39, 0.29) is 24.9 Å². The summed E-state index contributed by atoms with van der Waals surface area (Å²) >= 11 is 0. The predicted octanol–water partition coefficient (Wildman–Crippen LogP) is 3.33. The van der Waals surface area contributed by atoms with E-state index < -0.39 is 21.7 Å². The summed E-state index contributed by atoms with van der Waals surface area (Å²) in [4.78, 5) is 13.2. The Bertz CT molecular complexity index is 1110. The second-order valence-corrected chi connectivity index (χ2v) is 10.8. The first kappa shape index (κ1) is 21.5. The lowest BCUT2D eigenvalue weighted by atomic mass is 9.89. The van der Waals surface area contributed by atoms with Gasteiger partial charge in [0.15, 0.2) is 6.10 Å². The van der Waals surface area contributed by atoms with Gasteiger partial charge in [0.1, 0.15) is 17.1 Å². The highest BCUT2D eigenvalue weighted by atomic mass is 32.2. The van der Waals surface area contributed by atoms with E-state index in [0.717, 1.165) is 23.1 Å². The van der Waals surface area contributed by atoms with Crippen LogP contribution in [-0.2, 0) is 14.8 Å². The van der Waals surface area contributed by atoms with Crippen LogP contribution in [0.2, 0.25) is 0 Å². The molecule has 1 amide bonds. The molecule has 31 heavy (non-hydrogen) atoms. The number of rotatable bonds is 3. The van der Waals surface area contributed by atoms with E-state index in [4.69, 9.17) is 9.47 Å². The van der Waals surface area contributed by atoms with Crippen LogP contribution in [0, 0.1) is 6.92 Å². The Morgan fingerprint density at radius 1 is 1.16 bits per heavy atom. The van der Waals surface area contributed by atoms with Gasteiger partial charge in [-0.1, -0.05) is 24.3 Å². The van der Waals surface area contributed by atoms with Crippen LogP contribution in [0.1, 0.15) is 43.9 Å². The SMILES string of the molecule is Cc1ccc2c(c1)OC(C)(C)C[C@@H]2NC(=O)[C@H]1CCN(S(C)(=O)=O)c2ccccc2O1. The van der Waals surface area contributed by atoms with Gasteiger partial charge in [-0.2, -0.15) is 0 Å².